The van der Waals surface area contributed by atoms with E-state index in [0.29, 0.717) is 11.8 Å². The van der Waals surface area contributed by atoms with E-state index in [1.54, 1.807) is 30.3 Å². The van der Waals surface area contributed by atoms with Crippen LogP contribution in [0.5, 0.6) is 0 Å². The van der Waals surface area contributed by atoms with Gasteiger partial charge in [-0.25, -0.2) is 9.78 Å². The highest BCUT2D eigenvalue weighted by atomic mass is 35.5. The number of thioether (sulfide) groups is 1. The topological polar surface area (TPSA) is 71.1 Å². The molecule has 1 atom stereocenters. The number of nitrogens with zero attached hydrogens (tertiary/aromatic N) is 1. The third-order valence-electron chi connectivity index (χ3n) is 3.17. The number of imide groups is 1. The van der Waals surface area contributed by atoms with Crippen LogP contribution in [-0.4, -0.2) is 24.0 Å². The molecule has 0 fully saturated rings. The molecule has 0 saturated heterocycles. The van der Waals surface area contributed by atoms with Gasteiger partial charge in [-0.3, -0.25) is 10.1 Å². The van der Waals surface area contributed by atoms with E-state index in [0.717, 1.165) is 17.8 Å². The minimum Gasteiger partial charge on any atom is -0.341 e. The first-order valence-corrected chi connectivity index (χ1v) is 8.45. The van der Waals surface area contributed by atoms with Crippen LogP contribution in [0, 0.1) is 0 Å². The summed E-state index contributed by atoms with van der Waals surface area (Å²) >= 11 is 6.76. The van der Waals surface area contributed by atoms with Gasteiger partial charge in [0, 0.05) is 13.2 Å². The van der Waals surface area contributed by atoms with Gasteiger partial charge in [0.2, 0.25) is 5.91 Å². The molecule has 0 aliphatic carbocycles. The molecule has 1 aromatic heterocycles. The fourth-order valence-electron chi connectivity index (χ4n) is 1.92. The summed E-state index contributed by atoms with van der Waals surface area (Å²) in [7, 11) is 1.35. The number of carbonyl (C=O) groups excluding carboxylic acids is 2. The highest BCUT2D eigenvalue weighted by molar-refractivity contribution is 8.00. The van der Waals surface area contributed by atoms with Crippen molar-refractivity contribution in [1.82, 2.24) is 15.6 Å². The average Bonchev–Trinajstić information content (AvgIpc) is 2.60. The van der Waals surface area contributed by atoms with Gasteiger partial charge in [0.1, 0.15) is 10.3 Å². The minimum atomic E-state index is -4.57. The summed E-state index contributed by atoms with van der Waals surface area (Å²) in [5.74, 6) is -0.654. The Hall–Kier alpha value is -2.26. The van der Waals surface area contributed by atoms with Gasteiger partial charge in [0.25, 0.3) is 0 Å². The van der Waals surface area contributed by atoms with Crippen molar-refractivity contribution >= 4 is 35.3 Å². The van der Waals surface area contributed by atoms with Gasteiger partial charge >= 0.3 is 12.2 Å². The van der Waals surface area contributed by atoms with Gasteiger partial charge in [-0.15, -0.1) is 0 Å². The number of nitrogens with one attached hydrogen (secondary N) is 2. The third-order valence-corrected chi connectivity index (χ3v) is 4.84. The van der Waals surface area contributed by atoms with Crippen molar-refractivity contribution in [3.63, 3.8) is 0 Å². The number of hydrogen-bond donors (Lipinski definition) is 2. The first kappa shape index (κ1) is 20.1. The van der Waals surface area contributed by atoms with Crippen LogP contribution >= 0.6 is 23.4 Å². The molecule has 26 heavy (non-hydrogen) atoms. The highest BCUT2D eigenvalue weighted by Gasteiger charge is 2.32. The van der Waals surface area contributed by atoms with E-state index in [2.05, 4.69) is 15.6 Å². The monoisotopic (exact) mass is 403 g/mol. The van der Waals surface area contributed by atoms with Crippen molar-refractivity contribution in [2.75, 3.05) is 7.05 Å². The quantitative estimate of drug-likeness (QED) is 0.756. The second-order valence-electron chi connectivity index (χ2n) is 4.99. The molecule has 3 amide bonds. The maximum absolute atomic E-state index is 12.7. The van der Waals surface area contributed by atoms with Gasteiger partial charge in [0.15, 0.2) is 0 Å². The Kier molecular flexibility index (Phi) is 6.49. The lowest BCUT2D eigenvalue weighted by Gasteiger charge is -2.17. The summed E-state index contributed by atoms with van der Waals surface area (Å²) < 4.78 is 38.2. The fraction of sp³-hybridized carbons (Fsp3) is 0.188. The van der Waals surface area contributed by atoms with Crippen molar-refractivity contribution in [2.24, 2.45) is 0 Å². The van der Waals surface area contributed by atoms with Crippen LogP contribution in [0.4, 0.5) is 18.0 Å². The SMILES string of the molecule is CNC(=O)NC(=O)[C@H](Sc1ncc(C(F)(F)F)cc1Cl)c1ccccc1. The number of halogens is 4. The number of benzene rings is 1. The molecule has 0 unspecified atom stereocenters. The van der Waals surface area contributed by atoms with Crippen LogP contribution in [0.1, 0.15) is 16.4 Å². The number of rotatable bonds is 4. The molecule has 0 bridgehead atoms. The highest BCUT2D eigenvalue weighted by Crippen LogP contribution is 2.39. The molecule has 2 N–H and O–H groups in total. The summed E-state index contributed by atoms with van der Waals surface area (Å²) in [6, 6.07) is 8.47. The zero-order valence-corrected chi connectivity index (χ0v) is 14.9. The Morgan fingerprint density at radius 2 is 1.88 bits per heavy atom. The summed E-state index contributed by atoms with van der Waals surface area (Å²) in [6.07, 6.45) is -3.93. The molecular weight excluding hydrogens is 391 g/mol. The average molecular weight is 404 g/mol. The van der Waals surface area contributed by atoms with Gasteiger partial charge in [-0.2, -0.15) is 13.2 Å². The van der Waals surface area contributed by atoms with E-state index in [1.165, 1.54) is 7.05 Å². The predicted molar refractivity (Wildman–Crippen MR) is 91.9 cm³/mol. The number of alkyl halides is 3. The first-order chi connectivity index (χ1) is 12.2. The van der Waals surface area contributed by atoms with E-state index < -0.39 is 28.9 Å². The molecule has 5 nitrogen and oxygen atoms in total. The van der Waals surface area contributed by atoms with E-state index in [4.69, 9.17) is 11.6 Å². The first-order valence-electron chi connectivity index (χ1n) is 7.19. The fourth-order valence-corrected chi connectivity index (χ4v) is 3.19. The molecule has 1 aromatic carbocycles. The number of pyridine rings is 1. The second-order valence-corrected chi connectivity index (χ2v) is 6.49. The summed E-state index contributed by atoms with van der Waals surface area (Å²) in [5, 5.41) is 3.27. The smallest absolute Gasteiger partial charge is 0.341 e. The maximum atomic E-state index is 12.7. The number of aromatic nitrogens is 1. The Bertz CT molecular complexity index is 803. The van der Waals surface area contributed by atoms with Crippen molar-refractivity contribution < 1.29 is 22.8 Å². The predicted octanol–water partition coefficient (Wildman–Crippen LogP) is 4.04. The number of amides is 3. The second kappa shape index (κ2) is 8.41. The Balaban J connectivity index is 2.32. The molecule has 2 rings (SSSR count). The molecule has 1 heterocycles. The van der Waals surface area contributed by atoms with E-state index in [1.807, 2.05) is 0 Å². The molecule has 0 radical (unpaired) electrons. The van der Waals surface area contributed by atoms with Crippen LogP contribution in [-0.2, 0) is 11.0 Å². The zero-order chi connectivity index (χ0) is 19.3. The lowest BCUT2D eigenvalue weighted by molar-refractivity contribution is -0.137. The van der Waals surface area contributed by atoms with Gasteiger partial charge in [0.05, 0.1) is 10.6 Å². The van der Waals surface area contributed by atoms with Crippen molar-refractivity contribution in [1.29, 1.82) is 0 Å². The molecule has 138 valence electrons. The number of carbonyl (C=O) groups is 2. The Morgan fingerprint density at radius 1 is 1.23 bits per heavy atom. The number of urea groups is 1. The lowest BCUT2D eigenvalue weighted by Crippen LogP contribution is -2.39. The van der Waals surface area contributed by atoms with E-state index in [-0.39, 0.29) is 10.0 Å². The van der Waals surface area contributed by atoms with Crippen LogP contribution < -0.4 is 10.6 Å². The van der Waals surface area contributed by atoms with E-state index in [9.17, 15) is 22.8 Å². The largest absolute Gasteiger partial charge is 0.417 e. The van der Waals surface area contributed by atoms with Crippen molar-refractivity contribution in [3.05, 3.63) is 58.7 Å². The summed E-state index contributed by atoms with van der Waals surface area (Å²) in [6.45, 7) is 0. The molecule has 2 aromatic rings. The normalized spacial score (nSPS) is 12.3. The molecular formula is C16H13ClF3N3O2S. The van der Waals surface area contributed by atoms with Crippen LogP contribution in [0.2, 0.25) is 5.02 Å². The molecule has 0 aliphatic rings. The Labute approximate surface area is 156 Å². The summed E-state index contributed by atoms with van der Waals surface area (Å²) in [5.41, 5.74) is -0.449. The zero-order valence-electron chi connectivity index (χ0n) is 13.3. The van der Waals surface area contributed by atoms with Gasteiger partial charge in [-0.05, 0) is 11.6 Å². The van der Waals surface area contributed by atoms with Crippen LogP contribution in [0.15, 0.2) is 47.6 Å². The van der Waals surface area contributed by atoms with Crippen molar-refractivity contribution in [3.8, 4) is 0 Å². The molecule has 0 spiro atoms. The maximum Gasteiger partial charge on any atom is 0.417 e. The summed E-state index contributed by atoms with van der Waals surface area (Å²) in [4.78, 5) is 27.5. The molecule has 0 aliphatic heterocycles. The molecule has 0 saturated carbocycles. The van der Waals surface area contributed by atoms with Gasteiger partial charge < -0.3 is 5.32 Å². The number of hydrogen-bond acceptors (Lipinski definition) is 4. The van der Waals surface area contributed by atoms with Crippen molar-refractivity contribution in [2.45, 2.75) is 16.5 Å². The van der Waals surface area contributed by atoms with E-state index >= 15 is 0 Å². The lowest BCUT2D eigenvalue weighted by atomic mass is 10.1. The standard InChI is InChI=1S/C16H13ClF3N3O2S/c1-21-15(25)23-13(24)12(9-5-3-2-4-6-9)26-14-11(17)7-10(8-22-14)16(18,19)20/h2-8,12H,1H3,(H2,21,23,24,25)/t12-/m1/s1. The van der Waals surface area contributed by atoms with Crippen LogP contribution in [0.3, 0.4) is 0 Å². The minimum absolute atomic E-state index is 0.0422. The Morgan fingerprint density at radius 3 is 2.42 bits per heavy atom. The third kappa shape index (κ3) is 5.12. The van der Waals surface area contributed by atoms with Gasteiger partial charge in [-0.1, -0.05) is 53.7 Å². The molecule has 10 heteroatoms. The van der Waals surface area contributed by atoms with Crippen LogP contribution in [0.25, 0.3) is 0 Å².